The highest BCUT2D eigenvalue weighted by molar-refractivity contribution is 5.89. The van der Waals surface area contributed by atoms with Gasteiger partial charge < -0.3 is 15.6 Å². The summed E-state index contributed by atoms with van der Waals surface area (Å²) in [6.45, 7) is 0.173. The van der Waals surface area contributed by atoms with E-state index in [1.807, 2.05) is 0 Å². The van der Waals surface area contributed by atoms with Gasteiger partial charge in [0.15, 0.2) is 0 Å². The number of halogens is 2. The molecule has 1 aromatic carbocycles. The van der Waals surface area contributed by atoms with Gasteiger partial charge in [-0.2, -0.15) is 0 Å². The Bertz CT molecular complexity index is 491. The van der Waals surface area contributed by atoms with E-state index in [4.69, 9.17) is 15.6 Å². The summed E-state index contributed by atoms with van der Waals surface area (Å²) in [4.78, 5) is 10.7. The maximum atomic E-state index is 13.0. The lowest BCUT2D eigenvalue weighted by Gasteiger charge is -2.14. The summed E-state index contributed by atoms with van der Waals surface area (Å²) < 4.78 is 31.4. The number of carboxylic acids is 1. The molecule has 0 saturated heterocycles. The molecule has 0 spiro atoms. The zero-order chi connectivity index (χ0) is 14.0. The first-order valence-corrected chi connectivity index (χ1v) is 6.01. The number of carboxylic acid groups (broad SMARTS) is 1. The molecule has 1 saturated carbocycles. The maximum absolute atomic E-state index is 13.0. The van der Waals surface area contributed by atoms with Crippen LogP contribution >= 0.6 is 0 Å². The monoisotopic (exact) mass is 271 g/mol. The highest BCUT2D eigenvalue weighted by atomic mass is 19.3. The van der Waals surface area contributed by atoms with E-state index in [9.17, 15) is 13.6 Å². The number of hydrogen-bond donors (Lipinski definition) is 2. The summed E-state index contributed by atoms with van der Waals surface area (Å²) in [6, 6.07) is 4.12. The van der Waals surface area contributed by atoms with Gasteiger partial charge in [0.25, 0.3) is 0 Å². The topological polar surface area (TPSA) is 72.6 Å². The van der Waals surface area contributed by atoms with Crippen molar-refractivity contribution < 1.29 is 23.4 Å². The number of nitrogen functional groups attached to an aromatic ring is 1. The summed E-state index contributed by atoms with van der Waals surface area (Å²) in [7, 11) is 0. The van der Waals surface area contributed by atoms with Crippen molar-refractivity contribution in [3.05, 3.63) is 23.8 Å². The predicted molar refractivity (Wildman–Crippen MR) is 65.6 cm³/mol. The molecule has 19 heavy (non-hydrogen) atoms. The number of rotatable bonds is 4. The molecular formula is C13H15F2NO3. The van der Waals surface area contributed by atoms with Crippen molar-refractivity contribution in [2.75, 3.05) is 12.3 Å². The van der Waals surface area contributed by atoms with Gasteiger partial charge in [0, 0.05) is 12.8 Å². The van der Waals surface area contributed by atoms with Crippen LogP contribution in [0.5, 0.6) is 5.75 Å². The highest BCUT2D eigenvalue weighted by Gasteiger charge is 2.39. The van der Waals surface area contributed by atoms with Crippen LogP contribution in [0.4, 0.5) is 14.5 Å². The number of aromatic carboxylic acids is 1. The van der Waals surface area contributed by atoms with Crippen molar-refractivity contribution in [2.24, 2.45) is 5.92 Å². The molecule has 104 valence electrons. The van der Waals surface area contributed by atoms with E-state index in [1.165, 1.54) is 18.2 Å². The first-order chi connectivity index (χ1) is 8.87. The van der Waals surface area contributed by atoms with Gasteiger partial charge in [-0.1, -0.05) is 0 Å². The molecule has 4 nitrogen and oxygen atoms in total. The van der Waals surface area contributed by atoms with Crippen molar-refractivity contribution in [1.82, 2.24) is 0 Å². The van der Waals surface area contributed by atoms with Gasteiger partial charge in [-0.05, 0) is 30.5 Å². The molecule has 1 aliphatic carbocycles. The standard InChI is InChI=1S/C13H15F2NO3/c14-13(15)4-3-8(6-13)7-19-11-2-1-9(12(17)18)5-10(11)16/h1-2,5,8H,3-4,6-7,16H2,(H,17,18). The zero-order valence-electron chi connectivity index (χ0n) is 10.2. The second kappa shape index (κ2) is 5.03. The van der Waals surface area contributed by atoms with E-state index in [0.29, 0.717) is 12.2 Å². The smallest absolute Gasteiger partial charge is 0.335 e. The van der Waals surface area contributed by atoms with E-state index < -0.39 is 11.9 Å². The molecule has 3 N–H and O–H groups in total. The van der Waals surface area contributed by atoms with Crippen LogP contribution in [0.1, 0.15) is 29.6 Å². The first kappa shape index (κ1) is 13.6. The van der Waals surface area contributed by atoms with Crippen LogP contribution in [0.25, 0.3) is 0 Å². The number of hydrogen-bond acceptors (Lipinski definition) is 3. The molecule has 1 atom stereocenters. The summed E-state index contributed by atoms with van der Waals surface area (Å²) in [5.41, 5.74) is 5.93. The Morgan fingerprint density at radius 3 is 2.79 bits per heavy atom. The number of carbonyl (C=O) groups is 1. The third-order valence-electron chi connectivity index (χ3n) is 3.24. The van der Waals surface area contributed by atoms with E-state index in [-0.39, 0.29) is 36.6 Å². The van der Waals surface area contributed by atoms with Gasteiger partial charge in [-0.15, -0.1) is 0 Å². The molecule has 0 amide bonds. The van der Waals surface area contributed by atoms with Crippen LogP contribution in [-0.2, 0) is 0 Å². The van der Waals surface area contributed by atoms with Crippen LogP contribution in [-0.4, -0.2) is 23.6 Å². The molecule has 0 aromatic heterocycles. The van der Waals surface area contributed by atoms with E-state index >= 15 is 0 Å². The van der Waals surface area contributed by atoms with Gasteiger partial charge in [0.2, 0.25) is 5.92 Å². The molecule has 1 aliphatic rings. The van der Waals surface area contributed by atoms with Gasteiger partial charge in [-0.3, -0.25) is 0 Å². The zero-order valence-corrected chi connectivity index (χ0v) is 10.2. The molecule has 0 bridgehead atoms. The lowest BCUT2D eigenvalue weighted by molar-refractivity contribution is 0.00292. The van der Waals surface area contributed by atoms with E-state index in [0.717, 1.165) is 0 Å². The fourth-order valence-corrected chi connectivity index (χ4v) is 2.20. The van der Waals surface area contributed by atoms with Crippen LogP contribution in [0.15, 0.2) is 18.2 Å². The fraction of sp³-hybridized carbons (Fsp3) is 0.462. The summed E-state index contributed by atoms with van der Waals surface area (Å²) in [6.07, 6.45) is 0.161. The number of ether oxygens (including phenoxy) is 1. The number of benzene rings is 1. The van der Waals surface area contributed by atoms with Crippen LogP contribution < -0.4 is 10.5 Å². The Morgan fingerprint density at radius 2 is 2.26 bits per heavy atom. The van der Waals surface area contributed by atoms with E-state index in [2.05, 4.69) is 0 Å². The molecule has 2 rings (SSSR count). The van der Waals surface area contributed by atoms with Gasteiger partial charge in [0.1, 0.15) is 5.75 Å². The minimum atomic E-state index is -2.59. The quantitative estimate of drug-likeness (QED) is 0.826. The normalized spacial score (nSPS) is 21.3. The van der Waals surface area contributed by atoms with Crippen molar-refractivity contribution >= 4 is 11.7 Å². The average Bonchev–Trinajstić information content (AvgIpc) is 2.67. The molecule has 1 fully saturated rings. The van der Waals surface area contributed by atoms with Crippen LogP contribution in [0.2, 0.25) is 0 Å². The molecule has 1 unspecified atom stereocenters. The van der Waals surface area contributed by atoms with Crippen LogP contribution in [0.3, 0.4) is 0 Å². The molecule has 1 aromatic rings. The molecular weight excluding hydrogens is 256 g/mol. The highest BCUT2D eigenvalue weighted by Crippen LogP contribution is 2.39. The third-order valence-corrected chi connectivity index (χ3v) is 3.24. The minimum Gasteiger partial charge on any atom is -0.491 e. The average molecular weight is 271 g/mol. The Labute approximate surface area is 109 Å². The Hall–Kier alpha value is -1.85. The third kappa shape index (κ3) is 3.33. The Balaban J connectivity index is 1.95. The largest absolute Gasteiger partial charge is 0.491 e. The summed E-state index contributed by atoms with van der Waals surface area (Å²) in [5.74, 6) is -3.52. The molecule has 0 heterocycles. The Kier molecular flexibility index (Phi) is 3.59. The van der Waals surface area contributed by atoms with Crippen molar-refractivity contribution in [3.63, 3.8) is 0 Å². The van der Waals surface area contributed by atoms with Crippen molar-refractivity contribution in [1.29, 1.82) is 0 Å². The minimum absolute atomic E-state index is 0.0669. The van der Waals surface area contributed by atoms with Crippen molar-refractivity contribution in [3.8, 4) is 5.75 Å². The molecule has 6 heteroatoms. The number of anilines is 1. The lowest BCUT2D eigenvalue weighted by atomic mass is 10.1. The van der Waals surface area contributed by atoms with Gasteiger partial charge in [-0.25, -0.2) is 13.6 Å². The van der Waals surface area contributed by atoms with Crippen LogP contribution in [0, 0.1) is 5.92 Å². The molecule has 0 aliphatic heterocycles. The summed E-state index contributed by atoms with van der Waals surface area (Å²) >= 11 is 0. The van der Waals surface area contributed by atoms with Gasteiger partial charge in [0.05, 0.1) is 17.9 Å². The lowest BCUT2D eigenvalue weighted by Crippen LogP contribution is -2.14. The fourth-order valence-electron chi connectivity index (χ4n) is 2.20. The number of alkyl halides is 2. The maximum Gasteiger partial charge on any atom is 0.335 e. The second-order valence-electron chi connectivity index (χ2n) is 4.83. The van der Waals surface area contributed by atoms with Crippen molar-refractivity contribution in [2.45, 2.75) is 25.2 Å². The Morgan fingerprint density at radius 1 is 1.53 bits per heavy atom. The second-order valence-corrected chi connectivity index (χ2v) is 4.83. The molecule has 0 radical (unpaired) electrons. The SMILES string of the molecule is Nc1cc(C(=O)O)ccc1OCC1CCC(F)(F)C1. The number of nitrogens with two attached hydrogens (primary N) is 1. The first-order valence-electron chi connectivity index (χ1n) is 6.01. The predicted octanol–water partition coefficient (Wildman–Crippen LogP) is 2.78. The van der Waals surface area contributed by atoms with E-state index in [1.54, 1.807) is 0 Å². The summed E-state index contributed by atoms with van der Waals surface area (Å²) in [5, 5.41) is 8.78. The van der Waals surface area contributed by atoms with Gasteiger partial charge >= 0.3 is 5.97 Å².